The molecule has 1 amide bonds. The first-order valence-corrected chi connectivity index (χ1v) is 8.59. The van der Waals surface area contributed by atoms with Gasteiger partial charge in [-0.15, -0.1) is 0 Å². The van der Waals surface area contributed by atoms with E-state index in [1.54, 1.807) is 11.8 Å². The maximum atomic E-state index is 12.1. The number of hydrogen-bond acceptors (Lipinski definition) is 3. The van der Waals surface area contributed by atoms with Gasteiger partial charge >= 0.3 is 0 Å². The summed E-state index contributed by atoms with van der Waals surface area (Å²) in [5.41, 5.74) is 0.221. The Balaban J connectivity index is 1.46. The normalized spacial score (nSPS) is 51.1. The maximum absolute atomic E-state index is 12.1. The quantitative estimate of drug-likeness (QED) is 0.800. The van der Waals surface area contributed by atoms with Crippen molar-refractivity contribution in [2.24, 2.45) is 22.7 Å². The van der Waals surface area contributed by atoms with Crippen molar-refractivity contribution < 1.29 is 4.79 Å². The Hall–Kier alpha value is -0.510. The second-order valence-electron chi connectivity index (χ2n) is 7.47. The summed E-state index contributed by atoms with van der Waals surface area (Å²) < 4.78 is -0.120. The molecule has 6 rings (SSSR count). The number of hydrogen-bond donors (Lipinski definition) is 1. The lowest BCUT2D eigenvalue weighted by atomic mass is 9.81. The number of carbonyl (C=O) groups is 1. The van der Waals surface area contributed by atoms with Crippen LogP contribution in [0.4, 0.5) is 0 Å². The lowest BCUT2D eigenvalue weighted by molar-refractivity contribution is -0.123. The summed E-state index contributed by atoms with van der Waals surface area (Å²) in [7, 11) is 0. The Morgan fingerprint density at radius 1 is 1.16 bits per heavy atom. The van der Waals surface area contributed by atoms with Crippen LogP contribution in [-0.4, -0.2) is 21.4 Å². The van der Waals surface area contributed by atoms with Gasteiger partial charge in [-0.3, -0.25) is 9.79 Å². The Morgan fingerprint density at radius 3 is 2.47 bits per heavy atom. The molecule has 6 fully saturated rings. The van der Waals surface area contributed by atoms with Crippen LogP contribution in [0.5, 0.6) is 0 Å². The van der Waals surface area contributed by atoms with Crippen LogP contribution in [0, 0.1) is 17.8 Å². The van der Waals surface area contributed by atoms with Crippen LogP contribution >= 0.6 is 11.8 Å². The minimum absolute atomic E-state index is 0.120. The van der Waals surface area contributed by atoms with Crippen LogP contribution < -0.4 is 5.32 Å². The zero-order chi connectivity index (χ0) is 12.7. The third-order valence-electron chi connectivity index (χ3n) is 6.36. The van der Waals surface area contributed by atoms with E-state index in [0.717, 1.165) is 35.8 Å². The Bertz CT molecular complexity index is 482. The second kappa shape index (κ2) is 3.38. The number of amides is 1. The number of amidine groups is 1. The summed E-state index contributed by atoms with van der Waals surface area (Å²) in [4.78, 5) is 17.2. The molecule has 1 N–H and O–H groups in total. The third-order valence-corrected chi connectivity index (χ3v) is 7.73. The number of carbonyl (C=O) groups excluding carboxylic acids is 1. The van der Waals surface area contributed by atoms with Gasteiger partial charge in [0.2, 0.25) is 5.91 Å². The monoisotopic (exact) mass is 276 g/mol. The fourth-order valence-corrected chi connectivity index (χ4v) is 6.86. The molecule has 0 aromatic carbocycles. The maximum Gasteiger partial charge on any atom is 0.242 e. The zero-order valence-corrected chi connectivity index (χ0v) is 12.0. The van der Waals surface area contributed by atoms with Gasteiger partial charge in [0.05, 0.1) is 5.54 Å². The topological polar surface area (TPSA) is 41.5 Å². The lowest BCUT2D eigenvalue weighted by Crippen LogP contribution is -2.42. The average molecular weight is 276 g/mol. The van der Waals surface area contributed by atoms with Crippen LogP contribution in [0.3, 0.4) is 0 Å². The van der Waals surface area contributed by atoms with Gasteiger partial charge < -0.3 is 5.32 Å². The van der Waals surface area contributed by atoms with E-state index in [0.29, 0.717) is 0 Å². The minimum Gasteiger partial charge on any atom is -0.304 e. The Labute approximate surface area is 118 Å². The molecular formula is C15H20N2OS. The van der Waals surface area contributed by atoms with Crippen LogP contribution in [0.25, 0.3) is 0 Å². The zero-order valence-electron chi connectivity index (χ0n) is 11.2. The molecule has 0 aromatic rings. The molecule has 4 bridgehead atoms. The van der Waals surface area contributed by atoms with Crippen molar-refractivity contribution in [3.8, 4) is 0 Å². The van der Waals surface area contributed by atoms with E-state index in [9.17, 15) is 4.79 Å². The SMILES string of the molecule is O=C1NC(=NC23CC4CC(CC2C4)C3)SC12CCC2. The van der Waals surface area contributed by atoms with Crippen molar-refractivity contribution in [1.82, 2.24) is 5.32 Å². The first kappa shape index (κ1) is 11.2. The summed E-state index contributed by atoms with van der Waals surface area (Å²) in [6, 6.07) is 0. The molecule has 5 saturated carbocycles. The molecule has 0 aromatic heterocycles. The van der Waals surface area contributed by atoms with E-state index in [-0.39, 0.29) is 16.2 Å². The molecule has 1 spiro atoms. The van der Waals surface area contributed by atoms with Gasteiger partial charge in [-0.05, 0) is 69.1 Å². The molecule has 6 aliphatic rings. The van der Waals surface area contributed by atoms with Crippen molar-refractivity contribution in [3.63, 3.8) is 0 Å². The summed E-state index contributed by atoms with van der Waals surface area (Å²) in [5.74, 6) is 2.92. The minimum atomic E-state index is -0.120. The summed E-state index contributed by atoms with van der Waals surface area (Å²) >= 11 is 1.74. The van der Waals surface area contributed by atoms with Crippen molar-refractivity contribution in [2.75, 3.05) is 0 Å². The number of thioether (sulfide) groups is 1. The van der Waals surface area contributed by atoms with E-state index >= 15 is 0 Å². The van der Waals surface area contributed by atoms with Gasteiger partial charge in [-0.25, -0.2) is 0 Å². The van der Waals surface area contributed by atoms with Gasteiger partial charge in [0, 0.05) is 0 Å². The third kappa shape index (κ3) is 1.36. The van der Waals surface area contributed by atoms with Gasteiger partial charge in [-0.1, -0.05) is 11.8 Å². The summed E-state index contributed by atoms with van der Waals surface area (Å²) in [6.07, 6.45) is 10.1. The first-order valence-electron chi connectivity index (χ1n) is 7.78. The molecule has 2 unspecified atom stereocenters. The largest absolute Gasteiger partial charge is 0.304 e. The molecule has 2 atom stereocenters. The molecule has 3 nitrogen and oxygen atoms in total. The molecule has 19 heavy (non-hydrogen) atoms. The lowest BCUT2D eigenvalue weighted by Gasteiger charge is -2.33. The van der Waals surface area contributed by atoms with Crippen molar-refractivity contribution in [1.29, 1.82) is 0 Å². The highest BCUT2D eigenvalue weighted by Crippen LogP contribution is 2.62. The number of aliphatic imine (C=N–C) groups is 1. The molecule has 5 aliphatic carbocycles. The number of rotatable bonds is 1. The number of nitrogens with one attached hydrogen (secondary N) is 1. The highest BCUT2D eigenvalue weighted by molar-refractivity contribution is 8.16. The standard InChI is InChI=1S/C15H20N2OS/c18-12-15(2-1-3-15)19-13(16-12)17-14-7-9-4-10(8-14)6-11(14)5-9/h9-11H,1-8H2,(H,16,17,18). The predicted molar refractivity (Wildman–Crippen MR) is 76.0 cm³/mol. The Morgan fingerprint density at radius 2 is 1.89 bits per heavy atom. The van der Waals surface area contributed by atoms with E-state index < -0.39 is 0 Å². The van der Waals surface area contributed by atoms with Gasteiger partial charge in [0.25, 0.3) is 0 Å². The van der Waals surface area contributed by atoms with Crippen LogP contribution in [-0.2, 0) is 4.79 Å². The molecule has 0 radical (unpaired) electrons. The smallest absolute Gasteiger partial charge is 0.242 e. The molecule has 4 heteroatoms. The van der Waals surface area contributed by atoms with Crippen molar-refractivity contribution in [2.45, 2.75) is 61.7 Å². The van der Waals surface area contributed by atoms with Gasteiger partial charge in [0.15, 0.2) is 5.17 Å². The second-order valence-corrected chi connectivity index (χ2v) is 8.84. The van der Waals surface area contributed by atoms with Gasteiger partial charge in [-0.2, -0.15) is 0 Å². The van der Waals surface area contributed by atoms with E-state index in [1.807, 2.05) is 0 Å². The van der Waals surface area contributed by atoms with Crippen molar-refractivity contribution >= 4 is 22.8 Å². The van der Waals surface area contributed by atoms with Crippen LogP contribution in [0.1, 0.15) is 51.4 Å². The Kier molecular flexibility index (Phi) is 1.99. The molecule has 1 saturated heterocycles. The first-order chi connectivity index (χ1) is 9.18. The fourth-order valence-electron chi connectivity index (χ4n) is 5.48. The van der Waals surface area contributed by atoms with E-state index in [1.165, 1.54) is 38.5 Å². The highest BCUT2D eigenvalue weighted by atomic mass is 32.2. The predicted octanol–water partition coefficient (Wildman–Crippen LogP) is 2.71. The average Bonchev–Trinajstić information content (AvgIpc) is 2.83. The highest BCUT2D eigenvalue weighted by Gasteiger charge is 2.59. The van der Waals surface area contributed by atoms with Gasteiger partial charge in [0.1, 0.15) is 4.75 Å². The van der Waals surface area contributed by atoms with E-state index in [4.69, 9.17) is 4.99 Å². The van der Waals surface area contributed by atoms with Crippen LogP contribution in [0.2, 0.25) is 0 Å². The van der Waals surface area contributed by atoms with Crippen molar-refractivity contribution in [3.05, 3.63) is 0 Å². The van der Waals surface area contributed by atoms with Crippen LogP contribution in [0.15, 0.2) is 4.99 Å². The summed E-state index contributed by atoms with van der Waals surface area (Å²) in [6.45, 7) is 0. The fraction of sp³-hybridized carbons (Fsp3) is 0.867. The molecule has 1 aliphatic heterocycles. The molecule has 102 valence electrons. The number of nitrogens with zero attached hydrogens (tertiary/aromatic N) is 1. The van der Waals surface area contributed by atoms with E-state index in [2.05, 4.69) is 5.32 Å². The molecular weight excluding hydrogens is 256 g/mol. The molecule has 1 heterocycles. The summed E-state index contributed by atoms with van der Waals surface area (Å²) in [5, 5.41) is 4.04.